The maximum Gasteiger partial charge on any atom is 0.107 e. The fourth-order valence-corrected chi connectivity index (χ4v) is 2.10. The second-order valence-electron chi connectivity index (χ2n) is 3.02. The monoisotopic (exact) mass is 240 g/mol. The number of halogens is 1. The average Bonchev–Trinajstić information content (AvgIpc) is 2.68. The first-order chi connectivity index (χ1) is 6.90. The quantitative estimate of drug-likeness (QED) is 0.893. The van der Waals surface area contributed by atoms with Crippen molar-refractivity contribution in [2.45, 2.75) is 6.54 Å². The second kappa shape index (κ2) is 5.85. The summed E-state index contributed by atoms with van der Waals surface area (Å²) in [5.41, 5.74) is 2.26. The summed E-state index contributed by atoms with van der Waals surface area (Å²) in [6, 6.07) is 10.2. The van der Waals surface area contributed by atoms with Crippen molar-refractivity contribution in [3.05, 3.63) is 40.7 Å². The number of hydrogen-bond donors (Lipinski definition) is 1. The van der Waals surface area contributed by atoms with Crippen LogP contribution >= 0.6 is 23.7 Å². The molecule has 0 bridgehead atoms. The third kappa shape index (κ3) is 3.02. The number of nitrogens with zero attached hydrogens (tertiary/aromatic N) is 1. The molecule has 1 heterocycles. The standard InChI is InChI=1S/C11H12N2S.ClH/c1-12-7-11-13-10(8-14-11)9-5-3-2-4-6-9;/h2-6,8,12H,7H2,1H3;1H. The second-order valence-corrected chi connectivity index (χ2v) is 3.97. The molecule has 0 aliphatic rings. The molecule has 80 valence electrons. The molecule has 0 aliphatic carbocycles. The van der Waals surface area contributed by atoms with Gasteiger partial charge in [-0.2, -0.15) is 0 Å². The van der Waals surface area contributed by atoms with Crippen LogP contribution in [0.4, 0.5) is 0 Å². The molecule has 15 heavy (non-hydrogen) atoms. The predicted molar refractivity (Wildman–Crippen MR) is 67.6 cm³/mol. The van der Waals surface area contributed by atoms with Crippen LogP contribution < -0.4 is 5.32 Å². The van der Waals surface area contributed by atoms with E-state index >= 15 is 0 Å². The van der Waals surface area contributed by atoms with Crippen molar-refractivity contribution in [2.24, 2.45) is 0 Å². The summed E-state index contributed by atoms with van der Waals surface area (Å²) in [5, 5.41) is 6.33. The minimum absolute atomic E-state index is 0. The summed E-state index contributed by atoms with van der Waals surface area (Å²) in [6.45, 7) is 0.845. The molecule has 0 radical (unpaired) electrons. The Hall–Kier alpha value is -0.900. The smallest absolute Gasteiger partial charge is 0.107 e. The lowest BCUT2D eigenvalue weighted by atomic mass is 10.2. The summed E-state index contributed by atoms with van der Waals surface area (Å²) in [7, 11) is 1.93. The van der Waals surface area contributed by atoms with Gasteiger partial charge in [-0.1, -0.05) is 30.3 Å². The van der Waals surface area contributed by atoms with E-state index in [1.54, 1.807) is 11.3 Å². The molecular formula is C11H13ClN2S. The molecule has 4 heteroatoms. The van der Waals surface area contributed by atoms with Crippen molar-refractivity contribution in [2.75, 3.05) is 7.05 Å². The Morgan fingerprint density at radius 1 is 1.27 bits per heavy atom. The number of hydrogen-bond acceptors (Lipinski definition) is 3. The van der Waals surface area contributed by atoms with Crippen LogP contribution in [-0.4, -0.2) is 12.0 Å². The van der Waals surface area contributed by atoms with E-state index in [-0.39, 0.29) is 12.4 Å². The lowest BCUT2D eigenvalue weighted by Gasteiger charge is -1.94. The fourth-order valence-electron chi connectivity index (χ4n) is 1.28. The van der Waals surface area contributed by atoms with E-state index < -0.39 is 0 Å². The molecule has 0 unspecified atom stereocenters. The Labute approximate surface area is 99.8 Å². The van der Waals surface area contributed by atoms with Gasteiger partial charge in [-0.25, -0.2) is 4.98 Å². The van der Waals surface area contributed by atoms with Gasteiger partial charge < -0.3 is 5.32 Å². The topological polar surface area (TPSA) is 24.9 Å². The minimum Gasteiger partial charge on any atom is -0.314 e. The zero-order valence-corrected chi connectivity index (χ0v) is 10.1. The van der Waals surface area contributed by atoms with Crippen LogP contribution in [0, 0.1) is 0 Å². The molecule has 1 aromatic carbocycles. The van der Waals surface area contributed by atoms with Crippen molar-refractivity contribution in [1.29, 1.82) is 0 Å². The van der Waals surface area contributed by atoms with E-state index in [2.05, 4.69) is 27.8 Å². The highest BCUT2D eigenvalue weighted by Gasteiger charge is 2.02. The van der Waals surface area contributed by atoms with Crippen LogP contribution in [0.1, 0.15) is 5.01 Å². The lowest BCUT2D eigenvalue weighted by molar-refractivity contribution is 0.811. The zero-order valence-electron chi connectivity index (χ0n) is 8.43. The van der Waals surface area contributed by atoms with E-state index in [0.717, 1.165) is 17.2 Å². The molecule has 0 saturated carbocycles. The molecule has 2 nitrogen and oxygen atoms in total. The fraction of sp³-hybridized carbons (Fsp3) is 0.182. The van der Waals surface area contributed by atoms with Gasteiger partial charge in [0.25, 0.3) is 0 Å². The molecule has 0 aliphatic heterocycles. The van der Waals surface area contributed by atoms with Crippen LogP contribution in [-0.2, 0) is 6.54 Å². The van der Waals surface area contributed by atoms with Crippen LogP contribution in [0.15, 0.2) is 35.7 Å². The molecule has 0 fully saturated rings. The molecular weight excluding hydrogens is 228 g/mol. The number of rotatable bonds is 3. The van der Waals surface area contributed by atoms with E-state index in [1.807, 2.05) is 25.2 Å². The third-order valence-corrected chi connectivity index (χ3v) is 2.80. The molecule has 2 rings (SSSR count). The van der Waals surface area contributed by atoms with Crippen LogP contribution in [0.3, 0.4) is 0 Å². The summed E-state index contributed by atoms with van der Waals surface area (Å²) < 4.78 is 0. The SMILES string of the molecule is CNCc1nc(-c2ccccc2)cs1.Cl. The largest absolute Gasteiger partial charge is 0.314 e. The summed E-state index contributed by atoms with van der Waals surface area (Å²) in [6.07, 6.45) is 0. The lowest BCUT2D eigenvalue weighted by Crippen LogP contribution is -2.04. The highest BCUT2D eigenvalue weighted by atomic mass is 35.5. The molecule has 2 aromatic rings. The van der Waals surface area contributed by atoms with Gasteiger partial charge in [0.2, 0.25) is 0 Å². The van der Waals surface area contributed by atoms with Crippen LogP contribution in [0.25, 0.3) is 11.3 Å². The van der Waals surface area contributed by atoms with Gasteiger partial charge in [0.1, 0.15) is 5.01 Å². The third-order valence-electron chi connectivity index (χ3n) is 1.95. The first-order valence-electron chi connectivity index (χ1n) is 4.54. The first kappa shape index (κ1) is 12.2. The molecule has 0 amide bonds. The van der Waals surface area contributed by atoms with E-state index in [4.69, 9.17) is 0 Å². The first-order valence-corrected chi connectivity index (χ1v) is 5.42. The number of benzene rings is 1. The maximum absolute atomic E-state index is 4.53. The van der Waals surface area contributed by atoms with Crippen molar-refractivity contribution in [3.8, 4) is 11.3 Å². The number of nitrogens with one attached hydrogen (secondary N) is 1. The van der Waals surface area contributed by atoms with Gasteiger partial charge in [0.15, 0.2) is 0 Å². The Kier molecular flexibility index (Phi) is 4.75. The Morgan fingerprint density at radius 2 is 2.00 bits per heavy atom. The summed E-state index contributed by atoms with van der Waals surface area (Å²) >= 11 is 1.70. The average molecular weight is 241 g/mol. The van der Waals surface area contributed by atoms with E-state index in [1.165, 1.54) is 5.56 Å². The Morgan fingerprint density at radius 3 is 2.67 bits per heavy atom. The van der Waals surface area contributed by atoms with Gasteiger partial charge in [-0.15, -0.1) is 23.7 Å². The van der Waals surface area contributed by atoms with Crippen molar-refractivity contribution in [3.63, 3.8) is 0 Å². The molecule has 0 saturated heterocycles. The predicted octanol–water partition coefficient (Wildman–Crippen LogP) is 2.95. The van der Waals surface area contributed by atoms with E-state index in [9.17, 15) is 0 Å². The van der Waals surface area contributed by atoms with Gasteiger partial charge >= 0.3 is 0 Å². The van der Waals surface area contributed by atoms with Gasteiger partial charge in [-0.05, 0) is 7.05 Å². The zero-order chi connectivity index (χ0) is 9.80. The highest BCUT2D eigenvalue weighted by Crippen LogP contribution is 2.21. The molecule has 1 aromatic heterocycles. The molecule has 1 N–H and O–H groups in total. The maximum atomic E-state index is 4.53. The normalized spacial score (nSPS) is 9.67. The van der Waals surface area contributed by atoms with Crippen molar-refractivity contribution in [1.82, 2.24) is 10.3 Å². The summed E-state index contributed by atoms with van der Waals surface area (Å²) in [4.78, 5) is 4.53. The van der Waals surface area contributed by atoms with Crippen LogP contribution in [0.5, 0.6) is 0 Å². The number of aromatic nitrogens is 1. The van der Waals surface area contributed by atoms with Crippen molar-refractivity contribution >= 4 is 23.7 Å². The number of thiazole rings is 1. The van der Waals surface area contributed by atoms with Crippen LogP contribution in [0.2, 0.25) is 0 Å². The Balaban J connectivity index is 0.00000112. The van der Waals surface area contributed by atoms with Gasteiger partial charge in [0, 0.05) is 17.5 Å². The summed E-state index contributed by atoms with van der Waals surface area (Å²) in [5.74, 6) is 0. The van der Waals surface area contributed by atoms with Crippen molar-refractivity contribution < 1.29 is 0 Å². The van der Waals surface area contributed by atoms with Gasteiger partial charge in [-0.3, -0.25) is 0 Å². The Bertz CT molecular complexity index is 400. The van der Waals surface area contributed by atoms with Gasteiger partial charge in [0.05, 0.1) is 5.69 Å². The molecule has 0 atom stereocenters. The van der Waals surface area contributed by atoms with E-state index in [0.29, 0.717) is 0 Å². The molecule has 0 spiro atoms. The minimum atomic E-state index is 0. The highest BCUT2D eigenvalue weighted by molar-refractivity contribution is 7.09.